The monoisotopic (exact) mass is 216 g/mol. The molecule has 1 aromatic rings. The minimum absolute atomic E-state index is 0.0424. The number of nitrogens with zero attached hydrogens (tertiary/aromatic N) is 2. The molecule has 0 aliphatic rings. The third kappa shape index (κ3) is 2.66. The second-order valence-corrected chi connectivity index (χ2v) is 5.34. The Morgan fingerprint density at radius 3 is 2.86 bits per heavy atom. The van der Waals surface area contributed by atoms with Crippen LogP contribution in [0.25, 0.3) is 0 Å². The highest BCUT2D eigenvalue weighted by Gasteiger charge is 2.08. The van der Waals surface area contributed by atoms with Crippen molar-refractivity contribution in [2.75, 3.05) is 11.5 Å². The molecule has 78 valence electrons. The first-order chi connectivity index (χ1) is 6.59. The van der Waals surface area contributed by atoms with Gasteiger partial charge in [0.25, 0.3) is 0 Å². The van der Waals surface area contributed by atoms with E-state index < -0.39 is 9.84 Å². The third-order valence-corrected chi connectivity index (χ3v) is 3.63. The molecule has 0 atom stereocenters. The van der Waals surface area contributed by atoms with Gasteiger partial charge in [0, 0.05) is 12.3 Å². The number of aldehydes is 1. The molecular formula is C8H12N2O3S. The summed E-state index contributed by atoms with van der Waals surface area (Å²) in [5.41, 5.74) is 0.399. The molecule has 1 heterocycles. The van der Waals surface area contributed by atoms with E-state index >= 15 is 0 Å². The Bertz CT molecular complexity index is 408. The lowest BCUT2D eigenvalue weighted by Gasteiger charge is -2.03. The predicted octanol–water partition coefficient (Wildman–Crippen LogP) is 0.130. The Balaban J connectivity index is 2.67. The van der Waals surface area contributed by atoms with Crippen LogP contribution in [0.2, 0.25) is 0 Å². The summed E-state index contributed by atoms with van der Waals surface area (Å²) in [5.74, 6) is 0.165. The number of carbonyl (C=O) groups excluding carboxylic acids is 1. The zero-order chi connectivity index (χ0) is 10.6. The van der Waals surface area contributed by atoms with Gasteiger partial charge in [-0.1, -0.05) is 6.92 Å². The summed E-state index contributed by atoms with van der Waals surface area (Å²) in [5, 5.41) is 0. The van der Waals surface area contributed by atoms with Crippen molar-refractivity contribution in [1.82, 2.24) is 9.55 Å². The lowest BCUT2D eigenvalue weighted by molar-refractivity contribution is 0.111. The average molecular weight is 216 g/mol. The first kappa shape index (κ1) is 10.9. The SMILES string of the molecule is CCS(=O)(=O)CCn1cncc1C=O. The van der Waals surface area contributed by atoms with E-state index in [0.717, 1.165) is 0 Å². The minimum atomic E-state index is -2.99. The van der Waals surface area contributed by atoms with Gasteiger partial charge in [-0.25, -0.2) is 13.4 Å². The maximum Gasteiger partial charge on any atom is 0.168 e. The van der Waals surface area contributed by atoms with Gasteiger partial charge in [0.05, 0.1) is 18.3 Å². The molecule has 0 saturated carbocycles. The fourth-order valence-electron chi connectivity index (χ4n) is 0.998. The molecule has 0 aromatic carbocycles. The van der Waals surface area contributed by atoms with Crippen LogP contribution in [0, 0.1) is 0 Å². The summed E-state index contributed by atoms with van der Waals surface area (Å²) in [4.78, 5) is 14.2. The minimum Gasteiger partial charge on any atom is -0.327 e. The van der Waals surface area contributed by atoms with Gasteiger partial charge in [0.15, 0.2) is 16.1 Å². The second-order valence-electron chi connectivity index (χ2n) is 2.87. The fourth-order valence-corrected chi connectivity index (χ4v) is 1.76. The van der Waals surface area contributed by atoms with Crippen LogP contribution >= 0.6 is 0 Å². The Kier molecular flexibility index (Phi) is 3.40. The van der Waals surface area contributed by atoms with Gasteiger partial charge in [-0.05, 0) is 0 Å². The van der Waals surface area contributed by atoms with Crippen molar-refractivity contribution in [1.29, 1.82) is 0 Å². The largest absolute Gasteiger partial charge is 0.327 e. The van der Waals surface area contributed by atoms with E-state index in [1.54, 1.807) is 6.92 Å². The number of aryl methyl sites for hydroxylation is 1. The molecule has 0 aliphatic heterocycles. The smallest absolute Gasteiger partial charge is 0.168 e. The quantitative estimate of drug-likeness (QED) is 0.656. The van der Waals surface area contributed by atoms with Crippen LogP contribution in [0.1, 0.15) is 17.4 Å². The standard InChI is InChI=1S/C8H12N2O3S/c1-2-14(12,13)4-3-10-7-9-5-8(10)6-11/h5-7H,2-4H2,1H3. The second kappa shape index (κ2) is 4.36. The van der Waals surface area contributed by atoms with Crippen LogP contribution in [0.4, 0.5) is 0 Å². The summed E-state index contributed by atoms with van der Waals surface area (Å²) >= 11 is 0. The Morgan fingerprint density at radius 2 is 2.29 bits per heavy atom. The zero-order valence-electron chi connectivity index (χ0n) is 7.88. The molecule has 0 bridgehead atoms. The van der Waals surface area contributed by atoms with E-state index in [0.29, 0.717) is 12.0 Å². The van der Waals surface area contributed by atoms with Crippen LogP contribution in [0.15, 0.2) is 12.5 Å². The first-order valence-electron chi connectivity index (χ1n) is 4.25. The van der Waals surface area contributed by atoms with Crippen LogP contribution < -0.4 is 0 Å². The number of sulfone groups is 1. The maximum atomic E-state index is 11.2. The molecule has 0 fully saturated rings. The summed E-state index contributed by atoms with van der Waals surface area (Å²) < 4.78 is 23.9. The van der Waals surface area contributed by atoms with Gasteiger partial charge >= 0.3 is 0 Å². The van der Waals surface area contributed by atoms with E-state index in [1.165, 1.54) is 17.1 Å². The zero-order valence-corrected chi connectivity index (χ0v) is 8.70. The van der Waals surface area contributed by atoms with Crippen molar-refractivity contribution in [2.24, 2.45) is 0 Å². The predicted molar refractivity (Wildman–Crippen MR) is 51.9 cm³/mol. The molecule has 0 radical (unpaired) electrons. The molecule has 0 unspecified atom stereocenters. The van der Waals surface area contributed by atoms with E-state index in [4.69, 9.17) is 0 Å². The number of imidazole rings is 1. The lowest BCUT2D eigenvalue weighted by atomic mass is 10.5. The molecule has 0 N–H and O–H groups in total. The van der Waals surface area contributed by atoms with E-state index in [2.05, 4.69) is 4.98 Å². The van der Waals surface area contributed by atoms with Gasteiger partial charge in [-0.15, -0.1) is 0 Å². The first-order valence-corrected chi connectivity index (χ1v) is 6.07. The lowest BCUT2D eigenvalue weighted by Crippen LogP contribution is -2.15. The van der Waals surface area contributed by atoms with Gasteiger partial charge < -0.3 is 4.57 Å². The highest BCUT2D eigenvalue weighted by Crippen LogP contribution is 1.98. The van der Waals surface area contributed by atoms with Crippen molar-refractivity contribution in [3.05, 3.63) is 18.2 Å². The van der Waals surface area contributed by atoms with Crippen molar-refractivity contribution >= 4 is 16.1 Å². The number of hydrogen-bond acceptors (Lipinski definition) is 4. The molecule has 0 aliphatic carbocycles. The molecule has 1 aromatic heterocycles. The van der Waals surface area contributed by atoms with Gasteiger partial charge in [-0.3, -0.25) is 4.79 Å². The van der Waals surface area contributed by atoms with Crippen LogP contribution in [0.3, 0.4) is 0 Å². The molecule has 6 heteroatoms. The van der Waals surface area contributed by atoms with Crippen molar-refractivity contribution in [3.8, 4) is 0 Å². The summed E-state index contributed by atoms with van der Waals surface area (Å²) in [6.07, 6.45) is 3.52. The highest BCUT2D eigenvalue weighted by atomic mass is 32.2. The van der Waals surface area contributed by atoms with Crippen LogP contribution in [-0.2, 0) is 16.4 Å². The fraction of sp³-hybridized carbons (Fsp3) is 0.500. The van der Waals surface area contributed by atoms with E-state index in [9.17, 15) is 13.2 Å². The summed E-state index contributed by atoms with van der Waals surface area (Å²) in [7, 11) is -2.99. The molecule has 0 spiro atoms. The van der Waals surface area contributed by atoms with Crippen molar-refractivity contribution in [3.63, 3.8) is 0 Å². The van der Waals surface area contributed by atoms with Crippen molar-refractivity contribution < 1.29 is 13.2 Å². The molecule has 5 nitrogen and oxygen atoms in total. The molecule has 0 amide bonds. The highest BCUT2D eigenvalue weighted by molar-refractivity contribution is 7.91. The molecular weight excluding hydrogens is 204 g/mol. The molecule has 14 heavy (non-hydrogen) atoms. The Labute approximate surface area is 82.7 Å². The summed E-state index contributed by atoms with van der Waals surface area (Å²) in [6, 6.07) is 0. The van der Waals surface area contributed by atoms with E-state index in [-0.39, 0.29) is 18.1 Å². The Hall–Kier alpha value is -1.17. The van der Waals surface area contributed by atoms with Gasteiger partial charge in [0.2, 0.25) is 0 Å². The molecule has 0 saturated heterocycles. The van der Waals surface area contributed by atoms with Crippen LogP contribution in [0.5, 0.6) is 0 Å². The van der Waals surface area contributed by atoms with Gasteiger partial charge in [-0.2, -0.15) is 0 Å². The number of hydrogen-bond donors (Lipinski definition) is 0. The average Bonchev–Trinajstić information content (AvgIpc) is 2.62. The number of aromatic nitrogens is 2. The van der Waals surface area contributed by atoms with Gasteiger partial charge in [0.1, 0.15) is 5.69 Å². The Morgan fingerprint density at radius 1 is 1.57 bits per heavy atom. The third-order valence-electron chi connectivity index (χ3n) is 1.95. The normalized spacial score (nSPS) is 11.5. The molecule has 1 rings (SSSR count). The van der Waals surface area contributed by atoms with Crippen molar-refractivity contribution in [2.45, 2.75) is 13.5 Å². The summed E-state index contributed by atoms with van der Waals surface area (Å²) in [6.45, 7) is 1.88. The van der Waals surface area contributed by atoms with E-state index in [1.807, 2.05) is 0 Å². The maximum absolute atomic E-state index is 11.2. The number of rotatable bonds is 5. The van der Waals surface area contributed by atoms with Crippen LogP contribution in [-0.4, -0.2) is 35.8 Å². The topological polar surface area (TPSA) is 69.0 Å². The number of carbonyl (C=O) groups is 1.